The van der Waals surface area contributed by atoms with Crippen molar-refractivity contribution in [3.8, 4) is 0 Å². The Kier molecular flexibility index (Phi) is 3.25. The maximum atomic E-state index is 10.5. The van der Waals surface area contributed by atoms with Gasteiger partial charge in [-0.3, -0.25) is 4.79 Å². The van der Waals surface area contributed by atoms with Crippen molar-refractivity contribution >= 4 is 5.97 Å². The van der Waals surface area contributed by atoms with Crippen LogP contribution in [0.3, 0.4) is 0 Å². The number of carboxylic acid groups (broad SMARTS) is 1. The highest BCUT2D eigenvalue weighted by atomic mass is 16.4. The first-order valence-corrected chi connectivity index (χ1v) is 4.45. The van der Waals surface area contributed by atoms with Crippen molar-refractivity contribution in [2.45, 2.75) is 25.8 Å². The molecule has 0 heterocycles. The molecule has 3 N–H and O–H groups in total. The monoisotopic (exact) mass is 181 g/mol. The minimum absolute atomic E-state index is 0.429. The molecule has 0 radical (unpaired) electrons. The van der Waals surface area contributed by atoms with Crippen molar-refractivity contribution in [2.75, 3.05) is 0 Å². The molecule has 0 saturated carbocycles. The first-order chi connectivity index (χ1) is 6.09. The smallest absolute Gasteiger partial charge is 0.320 e. The molecule has 3 nitrogen and oxygen atoms in total. The number of hydrogen-bond acceptors (Lipinski definition) is 2. The van der Waals surface area contributed by atoms with Crippen molar-refractivity contribution in [3.05, 3.63) is 23.8 Å². The van der Waals surface area contributed by atoms with Crippen molar-refractivity contribution in [1.29, 1.82) is 0 Å². The third-order valence-electron chi connectivity index (χ3n) is 2.16. The molecular weight excluding hydrogens is 166 g/mol. The lowest BCUT2D eigenvalue weighted by atomic mass is 9.95. The maximum absolute atomic E-state index is 10.5. The molecular formula is C10H15NO2. The van der Waals surface area contributed by atoms with Gasteiger partial charge in [-0.2, -0.15) is 0 Å². The summed E-state index contributed by atoms with van der Waals surface area (Å²) in [6.07, 6.45) is 7.53. The zero-order valence-corrected chi connectivity index (χ0v) is 7.73. The predicted molar refractivity (Wildman–Crippen MR) is 51.2 cm³/mol. The quantitative estimate of drug-likeness (QED) is 0.690. The van der Waals surface area contributed by atoms with Crippen LogP contribution in [0.2, 0.25) is 0 Å². The van der Waals surface area contributed by atoms with Crippen molar-refractivity contribution in [1.82, 2.24) is 0 Å². The average molecular weight is 181 g/mol. The first kappa shape index (κ1) is 9.99. The largest absolute Gasteiger partial charge is 0.480 e. The van der Waals surface area contributed by atoms with E-state index in [1.54, 1.807) is 0 Å². The molecule has 13 heavy (non-hydrogen) atoms. The summed E-state index contributed by atoms with van der Waals surface area (Å²) in [5, 5.41) is 8.59. The fourth-order valence-electron chi connectivity index (χ4n) is 1.26. The van der Waals surface area contributed by atoms with E-state index >= 15 is 0 Å². The Morgan fingerprint density at radius 2 is 2.54 bits per heavy atom. The molecule has 3 heteroatoms. The minimum Gasteiger partial charge on any atom is -0.480 e. The van der Waals surface area contributed by atoms with Crippen LogP contribution in [-0.4, -0.2) is 17.1 Å². The summed E-state index contributed by atoms with van der Waals surface area (Å²) in [5.41, 5.74) is 6.44. The Balaban J connectivity index is 2.47. The van der Waals surface area contributed by atoms with Gasteiger partial charge in [0.15, 0.2) is 0 Å². The lowest BCUT2D eigenvalue weighted by Crippen LogP contribution is -2.30. The third kappa shape index (κ3) is 3.03. The van der Waals surface area contributed by atoms with E-state index in [9.17, 15) is 4.79 Å². The van der Waals surface area contributed by atoms with Crippen LogP contribution >= 0.6 is 0 Å². The zero-order chi connectivity index (χ0) is 9.84. The van der Waals surface area contributed by atoms with Gasteiger partial charge < -0.3 is 10.8 Å². The van der Waals surface area contributed by atoms with Gasteiger partial charge >= 0.3 is 5.97 Å². The number of allylic oxidation sites excluding steroid dienone is 3. The van der Waals surface area contributed by atoms with Crippen molar-refractivity contribution in [3.63, 3.8) is 0 Å². The molecule has 0 aromatic heterocycles. The highest BCUT2D eigenvalue weighted by Crippen LogP contribution is 2.18. The molecule has 0 saturated heterocycles. The van der Waals surface area contributed by atoms with Gasteiger partial charge in [-0.1, -0.05) is 30.7 Å². The van der Waals surface area contributed by atoms with Gasteiger partial charge in [-0.15, -0.1) is 0 Å². The number of aliphatic carboxylic acids is 1. The van der Waals surface area contributed by atoms with E-state index in [0.29, 0.717) is 12.3 Å². The zero-order valence-electron chi connectivity index (χ0n) is 7.73. The second-order valence-corrected chi connectivity index (χ2v) is 3.50. The van der Waals surface area contributed by atoms with Gasteiger partial charge in [0.2, 0.25) is 0 Å². The predicted octanol–water partition coefficient (Wildman–Crippen LogP) is 1.31. The molecule has 0 fully saturated rings. The molecule has 2 atom stereocenters. The molecule has 0 amide bonds. The van der Waals surface area contributed by atoms with E-state index in [0.717, 1.165) is 12.0 Å². The SMILES string of the molecule is CC1C=CC(CC(N)C(=O)O)=CC1. The van der Waals surface area contributed by atoms with Crippen molar-refractivity contribution < 1.29 is 9.90 Å². The maximum Gasteiger partial charge on any atom is 0.320 e. The molecule has 72 valence electrons. The van der Waals surface area contributed by atoms with E-state index in [1.807, 2.05) is 6.08 Å². The average Bonchev–Trinajstić information content (AvgIpc) is 2.08. The lowest BCUT2D eigenvalue weighted by Gasteiger charge is -2.13. The molecule has 0 aliphatic heterocycles. The molecule has 2 unspecified atom stereocenters. The lowest BCUT2D eigenvalue weighted by molar-refractivity contribution is -0.138. The molecule has 0 aromatic carbocycles. The Bertz CT molecular complexity index is 256. The fourth-order valence-corrected chi connectivity index (χ4v) is 1.26. The number of rotatable bonds is 3. The molecule has 1 aliphatic rings. The Hall–Kier alpha value is -1.09. The second-order valence-electron chi connectivity index (χ2n) is 3.50. The number of carboxylic acids is 1. The van der Waals surface area contributed by atoms with Gasteiger partial charge in [-0.25, -0.2) is 0 Å². The topological polar surface area (TPSA) is 63.3 Å². The van der Waals surface area contributed by atoms with Gasteiger partial charge in [0, 0.05) is 0 Å². The second kappa shape index (κ2) is 4.23. The van der Waals surface area contributed by atoms with Crippen LogP contribution < -0.4 is 5.73 Å². The van der Waals surface area contributed by atoms with Crippen molar-refractivity contribution in [2.24, 2.45) is 11.7 Å². The molecule has 0 bridgehead atoms. The van der Waals surface area contributed by atoms with E-state index in [4.69, 9.17) is 10.8 Å². The summed E-state index contributed by atoms with van der Waals surface area (Å²) in [5.74, 6) is -0.377. The Morgan fingerprint density at radius 3 is 3.00 bits per heavy atom. The molecule has 1 aliphatic carbocycles. The summed E-state index contributed by atoms with van der Waals surface area (Å²) in [6, 6.07) is -0.774. The first-order valence-electron chi connectivity index (χ1n) is 4.45. The van der Waals surface area contributed by atoms with Crippen LogP contribution in [0, 0.1) is 5.92 Å². The molecule has 0 aromatic rings. The highest BCUT2D eigenvalue weighted by Gasteiger charge is 2.13. The summed E-state index contributed by atoms with van der Waals surface area (Å²) in [7, 11) is 0. The fraction of sp³-hybridized carbons (Fsp3) is 0.500. The van der Waals surface area contributed by atoms with E-state index in [1.165, 1.54) is 0 Å². The van der Waals surface area contributed by atoms with Gasteiger partial charge in [0.25, 0.3) is 0 Å². The summed E-state index contributed by atoms with van der Waals surface area (Å²) < 4.78 is 0. The van der Waals surface area contributed by atoms with Crippen LogP contribution in [0.25, 0.3) is 0 Å². The van der Waals surface area contributed by atoms with E-state index in [2.05, 4.69) is 19.1 Å². The van der Waals surface area contributed by atoms with Gasteiger partial charge in [-0.05, 0) is 18.8 Å². The normalized spacial score (nSPS) is 23.8. The summed E-state index contributed by atoms with van der Waals surface area (Å²) in [4.78, 5) is 10.5. The van der Waals surface area contributed by atoms with Gasteiger partial charge in [0.1, 0.15) is 6.04 Å². The minimum atomic E-state index is -0.937. The van der Waals surface area contributed by atoms with E-state index < -0.39 is 12.0 Å². The number of nitrogens with two attached hydrogens (primary N) is 1. The van der Waals surface area contributed by atoms with E-state index in [-0.39, 0.29) is 0 Å². The Labute approximate surface area is 77.9 Å². The number of hydrogen-bond donors (Lipinski definition) is 2. The van der Waals surface area contributed by atoms with Crippen LogP contribution in [0.15, 0.2) is 23.8 Å². The number of carbonyl (C=O) groups is 1. The summed E-state index contributed by atoms with van der Waals surface area (Å²) >= 11 is 0. The third-order valence-corrected chi connectivity index (χ3v) is 2.16. The van der Waals surface area contributed by atoms with Crippen LogP contribution in [0.1, 0.15) is 19.8 Å². The van der Waals surface area contributed by atoms with Crippen LogP contribution in [0.4, 0.5) is 0 Å². The summed E-state index contributed by atoms with van der Waals surface area (Å²) in [6.45, 7) is 2.13. The van der Waals surface area contributed by atoms with Crippen LogP contribution in [-0.2, 0) is 4.79 Å². The highest BCUT2D eigenvalue weighted by molar-refractivity contribution is 5.73. The van der Waals surface area contributed by atoms with Gasteiger partial charge in [0.05, 0.1) is 0 Å². The Morgan fingerprint density at radius 1 is 1.85 bits per heavy atom. The molecule has 0 spiro atoms. The molecule has 1 rings (SSSR count). The van der Waals surface area contributed by atoms with Crippen LogP contribution in [0.5, 0.6) is 0 Å². The standard InChI is InChI=1S/C10H15NO2/c1-7-2-4-8(5-3-7)6-9(11)10(12)13/h2,4-5,7,9H,3,6,11H2,1H3,(H,12,13).